The predicted octanol–water partition coefficient (Wildman–Crippen LogP) is 2.67. The first-order valence-electron chi connectivity index (χ1n) is 8.81. The van der Waals surface area contributed by atoms with Crippen molar-refractivity contribution in [1.82, 2.24) is 4.90 Å². The number of para-hydroxylation sites is 1. The van der Waals surface area contributed by atoms with Crippen LogP contribution in [0.4, 0.5) is 5.69 Å². The standard InChI is InChI=1S/C18H26N2O3S2/c1-13-5-3-6-14(2)17(13)19-18(24)20(11-16-7-4-9-23-16)15-8-10-25(21,22)12-15/h3,5-6,15-16H,4,7-12H2,1-2H3,(H,19,24)/t15-,16-/m1/s1. The zero-order valence-corrected chi connectivity index (χ0v) is 16.5. The molecule has 7 heteroatoms. The van der Waals surface area contributed by atoms with Crippen molar-refractivity contribution in [3.05, 3.63) is 29.3 Å². The van der Waals surface area contributed by atoms with Crippen LogP contribution in [0.1, 0.15) is 30.4 Å². The van der Waals surface area contributed by atoms with E-state index in [2.05, 4.69) is 5.32 Å². The smallest absolute Gasteiger partial charge is 0.173 e. The summed E-state index contributed by atoms with van der Waals surface area (Å²) in [6, 6.07) is 6.04. The van der Waals surface area contributed by atoms with Crippen LogP contribution >= 0.6 is 12.2 Å². The summed E-state index contributed by atoms with van der Waals surface area (Å²) >= 11 is 5.69. The molecule has 0 saturated carbocycles. The second kappa shape index (κ2) is 7.60. The maximum Gasteiger partial charge on any atom is 0.173 e. The van der Waals surface area contributed by atoms with Gasteiger partial charge in [-0.2, -0.15) is 0 Å². The largest absolute Gasteiger partial charge is 0.376 e. The van der Waals surface area contributed by atoms with Crippen molar-refractivity contribution in [2.75, 3.05) is 30.0 Å². The van der Waals surface area contributed by atoms with E-state index in [1.54, 1.807) is 0 Å². The molecule has 0 bridgehead atoms. The molecule has 1 N–H and O–H groups in total. The number of nitrogens with zero attached hydrogens (tertiary/aromatic N) is 1. The average molecular weight is 383 g/mol. The summed E-state index contributed by atoms with van der Waals surface area (Å²) in [4.78, 5) is 2.04. The van der Waals surface area contributed by atoms with Gasteiger partial charge in [-0.3, -0.25) is 0 Å². The summed E-state index contributed by atoms with van der Waals surface area (Å²) in [7, 11) is -2.97. The monoisotopic (exact) mass is 382 g/mol. The summed E-state index contributed by atoms with van der Waals surface area (Å²) < 4.78 is 29.7. The highest BCUT2D eigenvalue weighted by molar-refractivity contribution is 7.91. The Bertz CT molecular complexity index is 722. The molecule has 5 nitrogen and oxygen atoms in total. The number of rotatable bonds is 4. The maximum atomic E-state index is 12.0. The fourth-order valence-corrected chi connectivity index (χ4v) is 5.67. The molecule has 0 spiro atoms. The van der Waals surface area contributed by atoms with Gasteiger partial charge in [-0.05, 0) is 56.5 Å². The Morgan fingerprint density at radius 1 is 1.32 bits per heavy atom. The summed E-state index contributed by atoms with van der Waals surface area (Å²) in [5.41, 5.74) is 3.25. The van der Waals surface area contributed by atoms with Gasteiger partial charge in [0.1, 0.15) is 0 Å². The van der Waals surface area contributed by atoms with Gasteiger partial charge in [0.25, 0.3) is 0 Å². The number of sulfone groups is 1. The third kappa shape index (κ3) is 4.51. The van der Waals surface area contributed by atoms with Gasteiger partial charge in [-0.25, -0.2) is 8.42 Å². The molecule has 0 unspecified atom stereocenters. The van der Waals surface area contributed by atoms with Gasteiger partial charge in [0.15, 0.2) is 14.9 Å². The van der Waals surface area contributed by atoms with Crippen LogP contribution < -0.4 is 5.32 Å². The molecule has 0 aromatic heterocycles. The summed E-state index contributed by atoms with van der Waals surface area (Å²) in [6.45, 7) is 5.51. The fraction of sp³-hybridized carbons (Fsp3) is 0.611. The van der Waals surface area contributed by atoms with Crippen LogP contribution in [-0.4, -0.2) is 55.2 Å². The Morgan fingerprint density at radius 2 is 2.04 bits per heavy atom. The van der Waals surface area contributed by atoms with Crippen LogP contribution in [0.5, 0.6) is 0 Å². The van der Waals surface area contributed by atoms with Crippen LogP contribution in [0.3, 0.4) is 0 Å². The van der Waals surface area contributed by atoms with Crippen LogP contribution in [0, 0.1) is 13.8 Å². The number of thiocarbonyl (C=S) groups is 1. The molecule has 0 radical (unpaired) electrons. The van der Waals surface area contributed by atoms with Gasteiger partial charge >= 0.3 is 0 Å². The zero-order chi connectivity index (χ0) is 18.0. The quantitative estimate of drug-likeness (QED) is 0.808. The number of benzene rings is 1. The van der Waals surface area contributed by atoms with E-state index in [0.29, 0.717) is 18.1 Å². The van der Waals surface area contributed by atoms with E-state index in [-0.39, 0.29) is 23.7 Å². The summed E-state index contributed by atoms with van der Waals surface area (Å²) in [5, 5.41) is 3.96. The van der Waals surface area contributed by atoms with Crippen molar-refractivity contribution in [3.63, 3.8) is 0 Å². The van der Waals surface area contributed by atoms with E-state index in [1.807, 2.05) is 36.9 Å². The lowest BCUT2D eigenvalue weighted by Gasteiger charge is -2.33. The molecule has 2 fully saturated rings. The first kappa shape index (κ1) is 18.6. The van der Waals surface area contributed by atoms with E-state index in [0.717, 1.165) is 36.3 Å². The molecule has 1 aromatic rings. The first-order valence-corrected chi connectivity index (χ1v) is 11.0. The number of nitrogens with one attached hydrogen (secondary N) is 1. The Kier molecular flexibility index (Phi) is 5.65. The van der Waals surface area contributed by atoms with Gasteiger partial charge in [-0.1, -0.05) is 18.2 Å². The van der Waals surface area contributed by atoms with Crippen LogP contribution in [-0.2, 0) is 14.6 Å². The summed E-state index contributed by atoms with van der Waals surface area (Å²) in [6.07, 6.45) is 2.81. The van der Waals surface area contributed by atoms with Gasteiger partial charge in [-0.15, -0.1) is 0 Å². The van der Waals surface area contributed by atoms with Gasteiger partial charge in [0.05, 0.1) is 17.6 Å². The number of ether oxygens (including phenoxy) is 1. The van der Waals surface area contributed by atoms with Crippen molar-refractivity contribution in [1.29, 1.82) is 0 Å². The minimum absolute atomic E-state index is 0.0708. The predicted molar refractivity (Wildman–Crippen MR) is 105 cm³/mol. The van der Waals surface area contributed by atoms with Gasteiger partial charge < -0.3 is 15.0 Å². The molecule has 1 aromatic carbocycles. The highest BCUT2D eigenvalue weighted by Gasteiger charge is 2.35. The lowest BCUT2D eigenvalue weighted by molar-refractivity contribution is 0.0851. The number of anilines is 1. The molecule has 2 saturated heterocycles. The van der Waals surface area contributed by atoms with Crippen molar-refractivity contribution in [2.24, 2.45) is 0 Å². The second-order valence-electron chi connectivity index (χ2n) is 7.04. The SMILES string of the molecule is Cc1cccc(C)c1NC(=S)N(C[C@H]1CCCO1)[C@@H]1CCS(=O)(=O)C1. The Morgan fingerprint density at radius 3 is 2.60 bits per heavy atom. The maximum absolute atomic E-state index is 12.0. The number of hydrogen-bond acceptors (Lipinski definition) is 4. The normalized spacial score (nSPS) is 25.0. The van der Waals surface area contributed by atoms with E-state index >= 15 is 0 Å². The van der Waals surface area contributed by atoms with E-state index in [4.69, 9.17) is 17.0 Å². The third-order valence-corrected chi connectivity index (χ3v) is 7.13. The summed E-state index contributed by atoms with van der Waals surface area (Å²) in [5.74, 6) is 0.417. The minimum atomic E-state index is -2.97. The van der Waals surface area contributed by atoms with Crippen LogP contribution in [0.2, 0.25) is 0 Å². The second-order valence-corrected chi connectivity index (χ2v) is 9.66. The molecule has 0 amide bonds. The zero-order valence-electron chi connectivity index (χ0n) is 14.8. The van der Waals surface area contributed by atoms with E-state index in [9.17, 15) is 8.42 Å². The lowest BCUT2D eigenvalue weighted by Crippen LogP contribution is -2.47. The molecule has 2 atom stereocenters. The molecule has 0 aliphatic carbocycles. The van der Waals surface area contributed by atoms with Crippen LogP contribution in [0.25, 0.3) is 0 Å². The molecular formula is C18H26N2O3S2. The Balaban J connectivity index is 1.79. The Hall–Kier alpha value is -1.18. The molecule has 2 aliphatic heterocycles. The lowest BCUT2D eigenvalue weighted by atomic mass is 10.1. The van der Waals surface area contributed by atoms with Crippen molar-refractivity contribution < 1.29 is 13.2 Å². The molecular weight excluding hydrogens is 356 g/mol. The average Bonchev–Trinajstić information content (AvgIpc) is 3.17. The highest BCUT2D eigenvalue weighted by Crippen LogP contribution is 2.24. The molecule has 138 valence electrons. The van der Waals surface area contributed by atoms with Crippen LogP contribution in [0.15, 0.2) is 18.2 Å². The molecule has 2 aliphatic rings. The molecule has 3 rings (SSSR count). The van der Waals surface area contributed by atoms with Crippen molar-refractivity contribution in [3.8, 4) is 0 Å². The van der Waals surface area contributed by atoms with Crippen molar-refractivity contribution in [2.45, 2.75) is 45.3 Å². The van der Waals surface area contributed by atoms with E-state index < -0.39 is 9.84 Å². The number of hydrogen-bond donors (Lipinski definition) is 1. The molecule has 2 heterocycles. The van der Waals surface area contributed by atoms with Gasteiger partial charge in [0.2, 0.25) is 0 Å². The minimum Gasteiger partial charge on any atom is -0.376 e. The Labute approximate surface area is 155 Å². The first-order chi connectivity index (χ1) is 11.9. The topological polar surface area (TPSA) is 58.6 Å². The number of aryl methyl sites for hydroxylation is 2. The third-order valence-electron chi connectivity index (χ3n) is 5.05. The van der Waals surface area contributed by atoms with E-state index in [1.165, 1.54) is 0 Å². The van der Waals surface area contributed by atoms with Gasteiger partial charge in [0, 0.05) is 24.9 Å². The fourth-order valence-electron chi connectivity index (χ4n) is 3.62. The highest BCUT2D eigenvalue weighted by atomic mass is 32.2. The van der Waals surface area contributed by atoms with Crippen molar-refractivity contribution >= 4 is 32.9 Å². The molecule has 25 heavy (non-hydrogen) atoms.